The second-order valence-electron chi connectivity index (χ2n) is 10.3. The molecule has 8 heteroatoms. The number of anilines is 3. The van der Waals surface area contributed by atoms with E-state index in [2.05, 4.69) is 19.6 Å². The number of imidazole rings is 1. The minimum Gasteiger partial charge on any atom is -0.382 e. The first-order valence-electron chi connectivity index (χ1n) is 12.9. The van der Waals surface area contributed by atoms with Gasteiger partial charge in [-0.3, -0.25) is 4.40 Å². The van der Waals surface area contributed by atoms with E-state index in [4.69, 9.17) is 27.3 Å². The molecule has 3 N–H and O–H groups in total. The van der Waals surface area contributed by atoms with Gasteiger partial charge in [0.1, 0.15) is 28.7 Å². The van der Waals surface area contributed by atoms with Gasteiger partial charge in [0, 0.05) is 41.5 Å². The van der Waals surface area contributed by atoms with Crippen LogP contribution >= 0.6 is 11.6 Å². The molecule has 2 aromatic carbocycles. The van der Waals surface area contributed by atoms with Crippen LogP contribution < -0.4 is 11.1 Å². The zero-order valence-corrected chi connectivity index (χ0v) is 21.2. The van der Waals surface area contributed by atoms with Gasteiger partial charge in [-0.25, -0.2) is 15.0 Å². The van der Waals surface area contributed by atoms with Crippen LogP contribution in [0.1, 0.15) is 31.0 Å². The number of nitrogens with one attached hydrogen (secondary N) is 1. The van der Waals surface area contributed by atoms with Crippen molar-refractivity contribution in [3.05, 3.63) is 77.8 Å². The highest BCUT2D eigenvalue weighted by Crippen LogP contribution is 2.44. The first-order chi connectivity index (χ1) is 18.1. The molecule has 0 amide bonds. The molecule has 1 saturated carbocycles. The molecule has 1 aliphatic heterocycles. The Bertz CT molecular complexity index is 1600. The molecule has 4 heterocycles. The fourth-order valence-electron chi connectivity index (χ4n) is 5.65. The van der Waals surface area contributed by atoms with Crippen molar-refractivity contribution in [3.63, 3.8) is 0 Å². The number of para-hydroxylation sites is 1. The van der Waals surface area contributed by atoms with E-state index in [0.29, 0.717) is 16.8 Å². The smallest absolute Gasteiger partial charge is 0.150 e. The molecule has 7 nitrogen and oxygen atoms in total. The van der Waals surface area contributed by atoms with Gasteiger partial charge in [0.2, 0.25) is 0 Å². The molecular formula is C29H28ClN7. The molecule has 2 aliphatic rings. The van der Waals surface area contributed by atoms with Crippen LogP contribution in [0.2, 0.25) is 5.02 Å². The number of rotatable bonds is 6. The maximum absolute atomic E-state index is 6.84. The van der Waals surface area contributed by atoms with Crippen molar-refractivity contribution in [1.29, 1.82) is 0 Å². The summed E-state index contributed by atoms with van der Waals surface area (Å²) in [5.74, 6) is 3.42. The Balaban J connectivity index is 1.26. The summed E-state index contributed by atoms with van der Waals surface area (Å²) in [5, 5.41) is 4.96. The van der Waals surface area contributed by atoms with Gasteiger partial charge in [0.25, 0.3) is 0 Å². The van der Waals surface area contributed by atoms with Crippen LogP contribution in [0, 0.1) is 5.92 Å². The van der Waals surface area contributed by atoms with E-state index in [-0.39, 0.29) is 0 Å². The lowest BCUT2D eigenvalue weighted by Gasteiger charge is -2.41. The Labute approximate surface area is 220 Å². The van der Waals surface area contributed by atoms with E-state index in [1.165, 1.54) is 26.1 Å². The number of hydrogen-bond donors (Lipinski definition) is 2. The van der Waals surface area contributed by atoms with Crippen molar-refractivity contribution in [2.45, 2.75) is 25.2 Å². The molecule has 0 spiro atoms. The topological polar surface area (TPSA) is 84.4 Å². The Kier molecular flexibility index (Phi) is 5.48. The first kappa shape index (κ1) is 22.5. The van der Waals surface area contributed by atoms with E-state index in [1.54, 1.807) is 6.20 Å². The summed E-state index contributed by atoms with van der Waals surface area (Å²) in [6.07, 6.45) is 7.35. The van der Waals surface area contributed by atoms with Gasteiger partial charge < -0.3 is 16.0 Å². The minimum absolute atomic E-state index is 0.411. The number of nitrogen functional groups attached to an aromatic ring is 1. The number of nitrogens with two attached hydrogens (primary N) is 1. The van der Waals surface area contributed by atoms with Crippen molar-refractivity contribution in [2.75, 3.05) is 30.7 Å². The normalized spacial score (nSPS) is 19.6. The molecule has 0 unspecified atom stereocenters. The lowest BCUT2D eigenvalue weighted by atomic mass is 9.74. The third-order valence-electron chi connectivity index (χ3n) is 7.76. The summed E-state index contributed by atoms with van der Waals surface area (Å²) >= 11 is 6.84. The summed E-state index contributed by atoms with van der Waals surface area (Å²) in [6, 6.07) is 18.0. The van der Waals surface area contributed by atoms with Gasteiger partial charge in [-0.15, -0.1) is 0 Å². The molecular weight excluding hydrogens is 482 g/mol. The number of hydrogen-bond acceptors (Lipinski definition) is 6. The Morgan fingerprint density at radius 3 is 2.65 bits per heavy atom. The van der Waals surface area contributed by atoms with Crippen LogP contribution in [0.25, 0.3) is 27.7 Å². The van der Waals surface area contributed by atoms with Crippen molar-refractivity contribution in [3.8, 4) is 11.3 Å². The van der Waals surface area contributed by atoms with Gasteiger partial charge in [-0.05, 0) is 74.7 Å². The van der Waals surface area contributed by atoms with Gasteiger partial charge >= 0.3 is 0 Å². The van der Waals surface area contributed by atoms with E-state index in [1.807, 2.05) is 60.8 Å². The summed E-state index contributed by atoms with van der Waals surface area (Å²) in [7, 11) is 0. The molecule has 3 aromatic heterocycles. The largest absolute Gasteiger partial charge is 0.382 e. The quantitative estimate of drug-likeness (QED) is 0.287. The predicted molar refractivity (Wildman–Crippen MR) is 149 cm³/mol. The fourth-order valence-corrected chi connectivity index (χ4v) is 5.91. The van der Waals surface area contributed by atoms with Gasteiger partial charge in [0.05, 0.1) is 10.5 Å². The summed E-state index contributed by atoms with van der Waals surface area (Å²) in [6.45, 7) is 3.70. The number of likely N-dealkylation sites (tertiary alicyclic amines) is 1. The molecule has 0 bridgehead atoms. The minimum atomic E-state index is 0.411. The van der Waals surface area contributed by atoms with Gasteiger partial charge in [-0.2, -0.15) is 0 Å². The highest BCUT2D eigenvalue weighted by Gasteiger charge is 2.36. The highest BCUT2D eigenvalue weighted by molar-refractivity contribution is 6.34. The molecule has 0 atom stereocenters. The van der Waals surface area contributed by atoms with Crippen LogP contribution in [0.15, 0.2) is 67.0 Å². The van der Waals surface area contributed by atoms with Gasteiger partial charge in [0.15, 0.2) is 0 Å². The first-order valence-corrected chi connectivity index (χ1v) is 13.3. The zero-order valence-electron chi connectivity index (χ0n) is 20.4. The van der Waals surface area contributed by atoms with Gasteiger partial charge in [-0.1, -0.05) is 29.8 Å². The second kappa shape index (κ2) is 9.01. The number of nitrogens with zero attached hydrogens (tertiary/aromatic N) is 5. The van der Waals surface area contributed by atoms with Crippen LogP contribution in [0.5, 0.6) is 0 Å². The third-order valence-corrected chi connectivity index (χ3v) is 8.07. The second-order valence-corrected chi connectivity index (χ2v) is 10.7. The molecule has 0 radical (unpaired) electrons. The number of aromatic nitrogens is 4. The van der Waals surface area contributed by atoms with E-state index < -0.39 is 0 Å². The Morgan fingerprint density at radius 1 is 1.03 bits per heavy atom. The highest BCUT2D eigenvalue weighted by atomic mass is 35.5. The summed E-state index contributed by atoms with van der Waals surface area (Å²) in [4.78, 5) is 16.9. The molecule has 2 fully saturated rings. The summed E-state index contributed by atoms with van der Waals surface area (Å²) < 4.78 is 2.11. The lowest BCUT2D eigenvalue weighted by molar-refractivity contribution is 0.107. The molecule has 1 aliphatic carbocycles. The van der Waals surface area contributed by atoms with Crippen LogP contribution in [0.3, 0.4) is 0 Å². The predicted octanol–water partition coefficient (Wildman–Crippen LogP) is 6.12. The Hall–Kier alpha value is -3.68. The lowest BCUT2D eigenvalue weighted by Crippen LogP contribution is -2.43. The number of halogens is 1. The SMILES string of the molecule is Nc1nccn2c(C3CC(CN4CCC4)C3)nc(-c3cc4nc(Nc5ccccc5)ccc4cc3Cl)c12. The fraction of sp³-hybridized carbons (Fsp3) is 0.276. The molecule has 1 saturated heterocycles. The zero-order chi connectivity index (χ0) is 24.9. The third kappa shape index (κ3) is 4.08. The van der Waals surface area contributed by atoms with Crippen molar-refractivity contribution >= 4 is 45.3 Å². The number of pyridine rings is 1. The van der Waals surface area contributed by atoms with Crippen molar-refractivity contribution in [1.82, 2.24) is 24.3 Å². The molecule has 37 heavy (non-hydrogen) atoms. The number of fused-ring (bicyclic) bond motifs is 2. The van der Waals surface area contributed by atoms with Crippen LogP contribution in [0.4, 0.5) is 17.3 Å². The molecule has 186 valence electrons. The standard InChI is InChI=1S/C29H28ClN7/c30-23-15-19-7-8-25(33-21-5-2-1-3-6-21)34-24(19)16-22(23)26-27-28(31)32-9-12-37(27)29(35-26)20-13-18(14-20)17-36-10-4-11-36/h1-3,5-9,12,15-16,18,20H,4,10-11,13-14,17H2,(H2,31,32)(H,33,34). The maximum Gasteiger partial charge on any atom is 0.150 e. The van der Waals surface area contributed by atoms with Crippen LogP contribution in [-0.4, -0.2) is 43.9 Å². The van der Waals surface area contributed by atoms with Crippen LogP contribution in [-0.2, 0) is 0 Å². The van der Waals surface area contributed by atoms with E-state index in [0.717, 1.165) is 63.8 Å². The summed E-state index contributed by atoms with van der Waals surface area (Å²) in [5.41, 5.74) is 10.6. The molecule has 5 aromatic rings. The van der Waals surface area contributed by atoms with E-state index in [9.17, 15) is 0 Å². The number of benzene rings is 2. The van der Waals surface area contributed by atoms with Crippen molar-refractivity contribution < 1.29 is 0 Å². The Morgan fingerprint density at radius 2 is 1.86 bits per heavy atom. The average Bonchev–Trinajstić information content (AvgIpc) is 3.23. The average molecular weight is 510 g/mol. The monoisotopic (exact) mass is 509 g/mol. The van der Waals surface area contributed by atoms with Crippen molar-refractivity contribution in [2.24, 2.45) is 5.92 Å². The molecule has 7 rings (SSSR count). The van der Waals surface area contributed by atoms with E-state index >= 15 is 0 Å². The maximum atomic E-state index is 6.84.